The van der Waals surface area contributed by atoms with Crippen LogP contribution in [0.1, 0.15) is 29.5 Å². The van der Waals surface area contributed by atoms with Crippen molar-refractivity contribution in [3.8, 4) is 6.07 Å². The molecule has 0 amide bonds. The Morgan fingerprint density at radius 2 is 1.95 bits per heavy atom. The van der Waals surface area contributed by atoms with Crippen molar-refractivity contribution in [3.63, 3.8) is 0 Å². The second kappa shape index (κ2) is 7.04. The summed E-state index contributed by atoms with van der Waals surface area (Å²) in [5.41, 5.74) is 1.58. The van der Waals surface area contributed by atoms with Gasteiger partial charge in [-0.1, -0.05) is 41.9 Å². The number of nitrogens with zero attached hydrogens (tertiary/aromatic N) is 2. The molecule has 0 aliphatic carbocycles. The van der Waals surface area contributed by atoms with E-state index in [0.29, 0.717) is 17.1 Å². The lowest BCUT2D eigenvalue weighted by Gasteiger charge is -2.22. The largest absolute Gasteiger partial charge is 0.396 e. The maximum absolute atomic E-state index is 9.53. The zero-order valence-corrected chi connectivity index (χ0v) is 11.7. The first-order chi connectivity index (χ1) is 9.77. The van der Waals surface area contributed by atoms with Crippen LogP contribution in [0.5, 0.6) is 0 Å². The number of rotatable bonds is 5. The number of aliphatic hydroxyl groups excluding tert-OH is 1. The van der Waals surface area contributed by atoms with E-state index in [1.165, 1.54) is 0 Å². The first kappa shape index (κ1) is 14.5. The summed E-state index contributed by atoms with van der Waals surface area (Å²) in [6.45, 7) is -0.0113. The van der Waals surface area contributed by atoms with Crippen LogP contribution in [0.2, 0.25) is 5.02 Å². The molecule has 0 saturated carbocycles. The molecular weight excluding hydrogens is 272 g/mol. The third-order valence-corrected chi connectivity index (χ3v) is 3.60. The van der Waals surface area contributed by atoms with Crippen LogP contribution in [0.4, 0.5) is 0 Å². The summed E-state index contributed by atoms with van der Waals surface area (Å²) in [5.74, 6) is -0.600. The average Bonchev–Trinajstić information content (AvgIpc) is 2.49. The van der Waals surface area contributed by atoms with E-state index in [9.17, 15) is 10.4 Å². The van der Waals surface area contributed by atoms with Gasteiger partial charge in [-0.3, -0.25) is 4.98 Å². The van der Waals surface area contributed by atoms with Gasteiger partial charge >= 0.3 is 0 Å². The van der Waals surface area contributed by atoms with Crippen LogP contribution < -0.4 is 0 Å². The SMILES string of the molecule is N#C[C@@H](c1ccccc1)[C@H](CCO)c1ncccc1Cl. The molecule has 1 N–H and O–H groups in total. The fraction of sp³-hybridized carbons (Fsp3) is 0.250. The summed E-state index contributed by atoms with van der Waals surface area (Å²) < 4.78 is 0. The Labute approximate surface area is 123 Å². The van der Waals surface area contributed by atoms with Crippen LogP contribution in [0.3, 0.4) is 0 Å². The molecule has 2 rings (SSSR count). The van der Waals surface area contributed by atoms with Crippen molar-refractivity contribution in [3.05, 3.63) is 64.9 Å². The molecule has 0 fully saturated rings. The number of hydrogen-bond donors (Lipinski definition) is 1. The Morgan fingerprint density at radius 3 is 2.55 bits per heavy atom. The molecule has 0 bridgehead atoms. The number of aliphatic hydroxyl groups is 1. The highest BCUT2D eigenvalue weighted by atomic mass is 35.5. The minimum absolute atomic E-state index is 0.0113. The Balaban J connectivity index is 2.42. The van der Waals surface area contributed by atoms with Crippen molar-refractivity contribution >= 4 is 11.6 Å². The van der Waals surface area contributed by atoms with E-state index in [4.69, 9.17) is 11.6 Å². The predicted octanol–water partition coefficient (Wildman–Crippen LogP) is 3.51. The number of hydrogen-bond acceptors (Lipinski definition) is 3. The van der Waals surface area contributed by atoms with Gasteiger partial charge in [0.15, 0.2) is 0 Å². The minimum Gasteiger partial charge on any atom is -0.396 e. The number of halogens is 1. The molecule has 1 aromatic carbocycles. The van der Waals surface area contributed by atoms with Crippen molar-refractivity contribution in [1.82, 2.24) is 4.98 Å². The van der Waals surface area contributed by atoms with Crippen LogP contribution in [0.25, 0.3) is 0 Å². The third kappa shape index (κ3) is 3.16. The second-order valence-corrected chi connectivity index (χ2v) is 4.91. The fourth-order valence-electron chi connectivity index (χ4n) is 2.33. The summed E-state index contributed by atoms with van der Waals surface area (Å²) in [5, 5.41) is 19.4. The minimum atomic E-state index is -0.379. The zero-order valence-electron chi connectivity index (χ0n) is 10.9. The average molecular weight is 287 g/mol. The molecule has 0 aliphatic heterocycles. The highest BCUT2D eigenvalue weighted by molar-refractivity contribution is 6.31. The molecule has 102 valence electrons. The molecule has 0 unspecified atom stereocenters. The van der Waals surface area contributed by atoms with Crippen LogP contribution in [0, 0.1) is 11.3 Å². The molecule has 2 atom stereocenters. The van der Waals surface area contributed by atoms with Crippen LogP contribution in [-0.4, -0.2) is 16.7 Å². The van der Waals surface area contributed by atoms with E-state index in [0.717, 1.165) is 5.56 Å². The standard InChI is InChI=1S/C16H15ClN2O/c17-15-7-4-9-19-16(15)13(8-10-20)14(11-18)12-5-2-1-3-6-12/h1-7,9,13-14,20H,8,10H2/t13-,14-/m0/s1. The molecular formula is C16H15ClN2O. The van der Waals surface area contributed by atoms with Gasteiger partial charge in [0.1, 0.15) is 0 Å². The van der Waals surface area contributed by atoms with Gasteiger partial charge in [-0.05, 0) is 24.1 Å². The lowest BCUT2D eigenvalue weighted by molar-refractivity contribution is 0.271. The van der Waals surface area contributed by atoms with Crippen LogP contribution >= 0.6 is 11.6 Å². The second-order valence-electron chi connectivity index (χ2n) is 4.51. The third-order valence-electron chi connectivity index (χ3n) is 3.28. The van der Waals surface area contributed by atoms with Gasteiger partial charge in [0.05, 0.1) is 22.7 Å². The quantitative estimate of drug-likeness (QED) is 0.915. The number of aromatic nitrogens is 1. The first-order valence-corrected chi connectivity index (χ1v) is 6.81. The topological polar surface area (TPSA) is 56.9 Å². The van der Waals surface area contributed by atoms with Gasteiger partial charge in [-0.15, -0.1) is 0 Å². The number of benzene rings is 1. The smallest absolute Gasteiger partial charge is 0.0797 e. The predicted molar refractivity (Wildman–Crippen MR) is 78.5 cm³/mol. The summed E-state index contributed by atoms with van der Waals surface area (Å²) in [6, 6.07) is 15.4. The zero-order chi connectivity index (χ0) is 14.4. The molecule has 0 saturated heterocycles. The monoisotopic (exact) mass is 286 g/mol. The van der Waals surface area contributed by atoms with Crippen molar-refractivity contribution in [1.29, 1.82) is 5.26 Å². The summed E-state index contributed by atoms with van der Waals surface area (Å²) in [7, 11) is 0. The Morgan fingerprint density at radius 1 is 1.20 bits per heavy atom. The summed E-state index contributed by atoms with van der Waals surface area (Å²) >= 11 is 6.19. The molecule has 2 aromatic rings. The first-order valence-electron chi connectivity index (χ1n) is 6.43. The molecule has 0 spiro atoms. The summed E-state index contributed by atoms with van der Waals surface area (Å²) in [4.78, 5) is 4.30. The lowest BCUT2D eigenvalue weighted by atomic mass is 9.82. The van der Waals surface area contributed by atoms with Gasteiger partial charge in [-0.2, -0.15) is 5.26 Å². The van der Waals surface area contributed by atoms with Crippen LogP contribution in [-0.2, 0) is 0 Å². The van der Waals surface area contributed by atoms with E-state index < -0.39 is 0 Å². The van der Waals surface area contributed by atoms with Crippen molar-refractivity contribution in [2.24, 2.45) is 0 Å². The number of pyridine rings is 1. The molecule has 1 heterocycles. The highest BCUT2D eigenvalue weighted by Crippen LogP contribution is 2.36. The molecule has 0 aliphatic rings. The van der Waals surface area contributed by atoms with E-state index in [2.05, 4.69) is 11.1 Å². The Hall–Kier alpha value is -1.89. The fourth-order valence-corrected chi connectivity index (χ4v) is 2.59. The molecule has 1 aromatic heterocycles. The van der Waals surface area contributed by atoms with Crippen molar-refractivity contribution in [2.75, 3.05) is 6.61 Å². The normalized spacial score (nSPS) is 13.4. The van der Waals surface area contributed by atoms with E-state index in [1.807, 2.05) is 30.3 Å². The van der Waals surface area contributed by atoms with Gasteiger partial charge in [0, 0.05) is 18.7 Å². The highest BCUT2D eigenvalue weighted by Gasteiger charge is 2.27. The Kier molecular flexibility index (Phi) is 5.11. The van der Waals surface area contributed by atoms with Crippen LogP contribution in [0.15, 0.2) is 48.7 Å². The van der Waals surface area contributed by atoms with Crippen molar-refractivity contribution < 1.29 is 5.11 Å². The number of nitriles is 1. The van der Waals surface area contributed by atoms with Gasteiger partial charge in [0.2, 0.25) is 0 Å². The summed E-state index contributed by atoms with van der Waals surface area (Å²) in [6.07, 6.45) is 2.11. The van der Waals surface area contributed by atoms with E-state index in [1.54, 1.807) is 18.3 Å². The van der Waals surface area contributed by atoms with E-state index >= 15 is 0 Å². The van der Waals surface area contributed by atoms with Gasteiger partial charge in [-0.25, -0.2) is 0 Å². The lowest BCUT2D eigenvalue weighted by Crippen LogP contribution is -2.13. The van der Waals surface area contributed by atoms with Gasteiger partial charge in [0.25, 0.3) is 0 Å². The maximum atomic E-state index is 9.53. The van der Waals surface area contributed by atoms with Gasteiger partial charge < -0.3 is 5.11 Å². The molecule has 4 heteroatoms. The van der Waals surface area contributed by atoms with Crippen molar-refractivity contribution in [2.45, 2.75) is 18.3 Å². The molecule has 3 nitrogen and oxygen atoms in total. The maximum Gasteiger partial charge on any atom is 0.0797 e. The Bertz CT molecular complexity index is 595. The molecule has 0 radical (unpaired) electrons. The van der Waals surface area contributed by atoms with E-state index in [-0.39, 0.29) is 18.4 Å². The molecule has 20 heavy (non-hydrogen) atoms.